The highest BCUT2D eigenvalue weighted by Gasteiger charge is 2.35. The summed E-state index contributed by atoms with van der Waals surface area (Å²) in [6, 6.07) is -0.149. The van der Waals surface area contributed by atoms with Crippen molar-refractivity contribution in [3.05, 3.63) is 18.2 Å². The van der Waals surface area contributed by atoms with Crippen molar-refractivity contribution in [2.75, 3.05) is 26.7 Å². The Kier molecular flexibility index (Phi) is 3.57. The summed E-state index contributed by atoms with van der Waals surface area (Å²) < 4.78 is 2.19. The summed E-state index contributed by atoms with van der Waals surface area (Å²) >= 11 is 0. The van der Waals surface area contributed by atoms with Gasteiger partial charge in [-0.15, -0.1) is 0 Å². The lowest BCUT2D eigenvalue weighted by atomic mass is 10.0. The second-order valence-corrected chi connectivity index (χ2v) is 5.88. The number of aryl methyl sites for hydroxylation is 1. The van der Waals surface area contributed by atoms with Gasteiger partial charge in [0.1, 0.15) is 6.04 Å². The lowest BCUT2D eigenvalue weighted by Gasteiger charge is -2.34. The van der Waals surface area contributed by atoms with E-state index in [0.29, 0.717) is 12.6 Å². The predicted octanol–water partition coefficient (Wildman–Crippen LogP) is 0.379. The zero-order valence-corrected chi connectivity index (χ0v) is 12.5. The Morgan fingerprint density at radius 3 is 2.62 bits per heavy atom. The number of imidazole rings is 1. The molecule has 2 aliphatic heterocycles. The first kappa shape index (κ1) is 13.9. The number of hydrogen-bond donors (Lipinski definition) is 1. The summed E-state index contributed by atoms with van der Waals surface area (Å²) in [5.74, 6) is 0.0357. The maximum absolute atomic E-state index is 12.4. The molecule has 7 heteroatoms. The van der Waals surface area contributed by atoms with Gasteiger partial charge in [-0.1, -0.05) is 0 Å². The molecule has 3 heterocycles. The fourth-order valence-corrected chi connectivity index (χ4v) is 3.14. The topological polar surface area (TPSA) is 70.5 Å². The van der Waals surface area contributed by atoms with Crippen molar-refractivity contribution in [1.29, 1.82) is 0 Å². The van der Waals surface area contributed by atoms with Gasteiger partial charge in [-0.05, 0) is 19.8 Å². The summed E-state index contributed by atoms with van der Waals surface area (Å²) in [4.78, 5) is 31.4. The Hall–Kier alpha value is -2.05. The largest absolute Gasteiger partial charge is 0.341 e. The molecular formula is C14H21N5O2. The number of nitrogens with zero attached hydrogens (tertiary/aromatic N) is 4. The van der Waals surface area contributed by atoms with Crippen LogP contribution in [0.25, 0.3) is 0 Å². The number of amides is 3. The first-order chi connectivity index (χ1) is 10.1. The standard InChI is InChI=1S/C14H21N5O2/c1-10-7-15-9-19(10)11-3-5-18(6-4-11)13(20)12-8-17(2)14(21)16-12/h7,9,11-12H,3-6,8H2,1-2H3,(H,16,21). The van der Waals surface area contributed by atoms with Crippen LogP contribution in [0.5, 0.6) is 0 Å². The molecule has 3 amide bonds. The average molecular weight is 291 g/mol. The number of likely N-dealkylation sites (N-methyl/N-ethyl adjacent to an activating group) is 1. The molecule has 2 saturated heterocycles. The number of rotatable bonds is 2. The van der Waals surface area contributed by atoms with Crippen LogP contribution in [0.3, 0.4) is 0 Å². The van der Waals surface area contributed by atoms with E-state index in [1.165, 1.54) is 0 Å². The minimum atomic E-state index is -0.394. The van der Waals surface area contributed by atoms with Crippen molar-refractivity contribution in [3.8, 4) is 0 Å². The molecule has 0 radical (unpaired) electrons. The minimum absolute atomic E-state index is 0.0357. The number of aromatic nitrogens is 2. The van der Waals surface area contributed by atoms with Gasteiger partial charge in [0.05, 0.1) is 12.9 Å². The van der Waals surface area contributed by atoms with Gasteiger partial charge in [-0.2, -0.15) is 0 Å². The van der Waals surface area contributed by atoms with Crippen molar-refractivity contribution in [2.24, 2.45) is 0 Å². The van der Waals surface area contributed by atoms with E-state index in [-0.39, 0.29) is 11.9 Å². The summed E-state index contributed by atoms with van der Waals surface area (Å²) in [7, 11) is 1.71. The molecule has 0 aromatic carbocycles. The molecule has 2 fully saturated rings. The van der Waals surface area contributed by atoms with E-state index in [1.807, 2.05) is 17.4 Å². The van der Waals surface area contributed by atoms with Gasteiger partial charge in [0.15, 0.2) is 0 Å². The second-order valence-electron chi connectivity index (χ2n) is 5.88. The number of hydrogen-bond acceptors (Lipinski definition) is 3. The lowest BCUT2D eigenvalue weighted by Crippen LogP contribution is -2.48. The highest BCUT2D eigenvalue weighted by Crippen LogP contribution is 2.24. The molecule has 0 spiro atoms. The molecule has 0 saturated carbocycles. The average Bonchev–Trinajstić information content (AvgIpc) is 3.05. The molecule has 1 aromatic heterocycles. The summed E-state index contributed by atoms with van der Waals surface area (Å²) in [5, 5.41) is 2.73. The number of nitrogens with one attached hydrogen (secondary N) is 1. The van der Waals surface area contributed by atoms with Crippen LogP contribution in [0.1, 0.15) is 24.6 Å². The van der Waals surface area contributed by atoms with E-state index in [0.717, 1.165) is 31.6 Å². The fraction of sp³-hybridized carbons (Fsp3) is 0.643. The first-order valence-corrected chi connectivity index (χ1v) is 7.35. The van der Waals surface area contributed by atoms with Crippen molar-refractivity contribution in [3.63, 3.8) is 0 Å². The van der Waals surface area contributed by atoms with Crippen molar-refractivity contribution in [1.82, 2.24) is 24.7 Å². The molecular weight excluding hydrogens is 270 g/mol. The molecule has 21 heavy (non-hydrogen) atoms. The number of piperidine rings is 1. The van der Waals surface area contributed by atoms with Gasteiger partial charge in [0.25, 0.3) is 0 Å². The Morgan fingerprint density at radius 2 is 2.10 bits per heavy atom. The van der Waals surface area contributed by atoms with Gasteiger partial charge < -0.3 is 19.7 Å². The summed E-state index contributed by atoms with van der Waals surface area (Å²) in [6.45, 7) is 3.97. The zero-order valence-electron chi connectivity index (χ0n) is 12.5. The molecule has 1 N–H and O–H groups in total. The monoisotopic (exact) mass is 291 g/mol. The molecule has 1 aromatic rings. The third-order valence-corrected chi connectivity index (χ3v) is 4.43. The van der Waals surface area contributed by atoms with Gasteiger partial charge in [0, 0.05) is 38.1 Å². The molecule has 1 unspecified atom stereocenters. The number of likely N-dealkylation sites (tertiary alicyclic amines) is 1. The molecule has 0 bridgehead atoms. The van der Waals surface area contributed by atoms with Crippen LogP contribution in [0, 0.1) is 6.92 Å². The predicted molar refractivity (Wildman–Crippen MR) is 76.8 cm³/mol. The van der Waals surface area contributed by atoms with Crippen LogP contribution < -0.4 is 5.32 Å². The van der Waals surface area contributed by atoms with Gasteiger partial charge in [0.2, 0.25) is 5.91 Å². The van der Waals surface area contributed by atoms with Crippen LogP contribution >= 0.6 is 0 Å². The van der Waals surface area contributed by atoms with E-state index < -0.39 is 6.04 Å². The van der Waals surface area contributed by atoms with E-state index >= 15 is 0 Å². The number of carbonyl (C=O) groups excluding carboxylic acids is 2. The van der Waals surface area contributed by atoms with Gasteiger partial charge >= 0.3 is 6.03 Å². The van der Waals surface area contributed by atoms with Crippen LogP contribution in [0.4, 0.5) is 4.79 Å². The summed E-state index contributed by atoms with van der Waals surface area (Å²) in [5.41, 5.74) is 1.16. The van der Waals surface area contributed by atoms with E-state index in [4.69, 9.17) is 0 Å². The quantitative estimate of drug-likeness (QED) is 0.856. The Balaban J connectivity index is 1.57. The molecule has 2 aliphatic rings. The maximum Gasteiger partial charge on any atom is 0.317 e. The Labute approximate surface area is 123 Å². The normalized spacial score (nSPS) is 23.5. The zero-order chi connectivity index (χ0) is 15.0. The highest BCUT2D eigenvalue weighted by atomic mass is 16.2. The van der Waals surface area contributed by atoms with Crippen LogP contribution in [0.2, 0.25) is 0 Å². The molecule has 114 valence electrons. The smallest absolute Gasteiger partial charge is 0.317 e. The van der Waals surface area contributed by atoms with E-state index in [2.05, 4.69) is 21.8 Å². The number of carbonyl (C=O) groups is 2. The van der Waals surface area contributed by atoms with Crippen molar-refractivity contribution in [2.45, 2.75) is 31.8 Å². The van der Waals surface area contributed by atoms with Crippen LogP contribution in [-0.2, 0) is 4.79 Å². The molecule has 1 atom stereocenters. The molecule has 3 rings (SSSR count). The third kappa shape index (κ3) is 2.59. The first-order valence-electron chi connectivity index (χ1n) is 7.35. The third-order valence-electron chi connectivity index (χ3n) is 4.43. The Morgan fingerprint density at radius 1 is 1.38 bits per heavy atom. The number of urea groups is 1. The van der Waals surface area contributed by atoms with Crippen molar-refractivity contribution >= 4 is 11.9 Å². The van der Waals surface area contributed by atoms with Crippen molar-refractivity contribution < 1.29 is 9.59 Å². The fourth-order valence-electron chi connectivity index (χ4n) is 3.14. The van der Waals surface area contributed by atoms with Gasteiger partial charge in [-0.3, -0.25) is 4.79 Å². The van der Waals surface area contributed by atoms with E-state index in [9.17, 15) is 9.59 Å². The summed E-state index contributed by atoms with van der Waals surface area (Å²) in [6.07, 6.45) is 5.59. The van der Waals surface area contributed by atoms with Gasteiger partial charge in [-0.25, -0.2) is 9.78 Å². The minimum Gasteiger partial charge on any atom is -0.341 e. The molecule has 7 nitrogen and oxygen atoms in total. The highest BCUT2D eigenvalue weighted by molar-refractivity contribution is 5.90. The van der Waals surface area contributed by atoms with Crippen LogP contribution in [-0.4, -0.2) is 64.0 Å². The Bertz CT molecular complexity index is 547. The second kappa shape index (κ2) is 5.38. The van der Waals surface area contributed by atoms with Crippen LogP contribution in [0.15, 0.2) is 12.5 Å². The van der Waals surface area contributed by atoms with E-state index in [1.54, 1.807) is 11.9 Å². The maximum atomic E-state index is 12.4. The SMILES string of the molecule is Cc1cncn1C1CCN(C(=O)C2CN(C)C(=O)N2)CC1. The lowest BCUT2D eigenvalue weighted by molar-refractivity contribution is -0.134. The molecule has 0 aliphatic carbocycles.